The second-order valence-electron chi connectivity index (χ2n) is 4.47. The molecule has 0 aliphatic heterocycles. The molecule has 1 amide bonds. The maximum absolute atomic E-state index is 11.9. The summed E-state index contributed by atoms with van der Waals surface area (Å²) in [6.45, 7) is 4.53. The minimum Gasteiger partial charge on any atom is -0.458 e. The molecule has 0 radical (unpaired) electrons. The lowest BCUT2D eigenvalue weighted by Gasteiger charge is -2.11. The highest BCUT2D eigenvalue weighted by molar-refractivity contribution is 7.13. The molecule has 0 unspecified atom stereocenters. The molecule has 1 N–H and O–H groups in total. The zero-order valence-electron chi connectivity index (χ0n) is 11.3. The average Bonchev–Trinajstić information content (AvgIpc) is 3.08. The van der Waals surface area contributed by atoms with Crippen LogP contribution in [0.25, 0.3) is 10.6 Å². The van der Waals surface area contributed by atoms with Crippen LogP contribution in [-0.4, -0.2) is 5.91 Å². The summed E-state index contributed by atoms with van der Waals surface area (Å²) in [6.07, 6.45) is 1.75. The predicted octanol–water partition coefficient (Wildman–Crippen LogP) is 4.06. The number of rotatable bonds is 6. The van der Waals surface area contributed by atoms with E-state index in [1.165, 1.54) is 0 Å². The van der Waals surface area contributed by atoms with Crippen molar-refractivity contribution in [3.63, 3.8) is 0 Å². The van der Waals surface area contributed by atoms with Crippen LogP contribution in [0.5, 0.6) is 0 Å². The monoisotopic (exact) mass is 277 g/mol. The lowest BCUT2D eigenvalue weighted by Crippen LogP contribution is -2.29. The van der Waals surface area contributed by atoms with Crippen molar-refractivity contribution in [2.45, 2.75) is 33.2 Å². The topological polar surface area (TPSA) is 42.2 Å². The minimum absolute atomic E-state index is 0.103. The van der Waals surface area contributed by atoms with Gasteiger partial charge in [0.05, 0.1) is 11.4 Å². The van der Waals surface area contributed by atoms with Crippen molar-refractivity contribution in [3.05, 3.63) is 35.4 Å². The fourth-order valence-corrected chi connectivity index (χ4v) is 2.69. The van der Waals surface area contributed by atoms with E-state index in [0.29, 0.717) is 6.54 Å². The molecule has 0 aliphatic carbocycles. The standard InChI is InChI=1S/C15H19NO2S/c1-3-11(4-2)15(17)16-10-12-7-8-13(18-12)14-6-5-9-19-14/h5-9,11H,3-4,10H2,1-2H3,(H,16,17). The first kappa shape index (κ1) is 13.9. The molecule has 0 aromatic carbocycles. The molecule has 0 bridgehead atoms. The largest absolute Gasteiger partial charge is 0.458 e. The van der Waals surface area contributed by atoms with Gasteiger partial charge in [0, 0.05) is 5.92 Å². The second-order valence-corrected chi connectivity index (χ2v) is 5.42. The van der Waals surface area contributed by atoms with E-state index in [1.54, 1.807) is 11.3 Å². The molecule has 2 aromatic rings. The van der Waals surface area contributed by atoms with Gasteiger partial charge >= 0.3 is 0 Å². The zero-order valence-corrected chi connectivity index (χ0v) is 12.1. The molecule has 0 aliphatic rings. The van der Waals surface area contributed by atoms with E-state index >= 15 is 0 Å². The Morgan fingerprint density at radius 3 is 2.74 bits per heavy atom. The van der Waals surface area contributed by atoms with Crippen molar-refractivity contribution in [1.29, 1.82) is 0 Å². The number of hydrogen-bond acceptors (Lipinski definition) is 3. The summed E-state index contributed by atoms with van der Waals surface area (Å²) in [7, 11) is 0. The number of carbonyl (C=O) groups excluding carboxylic acids is 1. The summed E-state index contributed by atoms with van der Waals surface area (Å²) >= 11 is 1.64. The van der Waals surface area contributed by atoms with Gasteiger partial charge in [-0.2, -0.15) is 0 Å². The third kappa shape index (κ3) is 3.47. The van der Waals surface area contributed by atoms with E-state index in [0.717, 1.165) is 29.2 Å². The van der Waals surface area contributed by atoms with Gasteiger partial charge in [-0.15, -0.1) is 11.3 Å². The highest BCUT2D eigenvalue weighted by Gasteiger charge is 2.14. The first-order valence-corrected chi connectivity index (χ1v) is 7.52. The van der Waals surface area contributed by atoms with E-state index in [1.807, 2.05) is 43.5 Å². The van der Waals surface area contributed by atoms with E-state index in [2.05, 4.69) is 5.32 Å². The van der Waals surface area contributed by atoms with Crippen LogP contribution in [0.1, 0.15) is 32.4 Å². The third-order valence-electron chi connectivity index (χ3n) is 3.22. The molecule has 0 saturated heterocycles. The molecule has 0 saturated carbocycles. The highest BCUT2D eigenvalue weighted by atomic mass is 32.1. The van der Waals surface area contributed by atoms with Crippen molar-refractivity contribution in [3.8, 4) is 10.6 Å². The Morgan fingerprint density at radius 1 is 1.32 bits per heavy atom. The number of thiophene rings is 1. The molecule has 0 atom stereocenters. The van der Waals surface area contributed by atoms with Crippen molar-refractivity contribution in [1.82, 2.24) is 5.32 Å². The summed E-state index contributed by atoms with van der Waals surface area (Å²) in [5.41, 5.74) is 0. The number of carbonyl (C=O) groups is 1. The maximum atomic E-state index is 11.9. The molecule has 3 nitrogen and oxygen atoms in total. The Morgan fingerprint density at radius 2 is 2.11 bits per heavy atom. The lowest BCUT2D eigenvalue weighted by molar-refractivity contribution is -0.125. The molecule has 4 heteroatoms. The molecular formula is C15H19NO2S. The molecule has 0 spiro atoms. The van der Waals surface area contributed by atoms with Crippen molar-refractivity contribution in [2.24, 2.45) is 5.92 Å². The Labute approximate surface area is 117 Å². The molecule has 2 aromatic heterocycles. The van der Waals surface area contributed by atoms with Crippen LogP contribution in [0.2, 0.25) is 0 Å². The quantitative estimate of drug-likeness (QED) is 0.865. The molecule has 0 fully saturated rings. The summed E-state index contributed by atoms with van der Waals surface area (Å²) in [6, 6.07) is 7.89. The van der Waals surface area contributed by atoms with Crippen LogP contribution in [-0.2, 0) is 11.3 Å². The van der Waals surface area contributed by atoms with E-state index in [4.69, 9.17) is 4.42 Å². The Bertz CT molecular complexity index is 512. The molecule has 102 valence electrons. The van der Waals surface area contributed by atoms with Crippen LogP contribution in [0, 0.1) is 5.92 Å². The molecule has 2 heterocycles. The van der Waals surface area contributed by atoms with Gasteiger partial charge in [0.15, 0.2) is 0 Å². The summed E-state index contributed by atoms with van der Waals surface area (Å²) in [4.78, 5) is 13.0. The summed E-state index contributed by atoms with van der Waals surface area (Å²) < 4.78 is 5.72. The summed E-state index contributed by atoms with van der Waals surface area (Å²) in [5.74, 6) is 1.87. The number of amides is 1. The normalized spacial score (nSPS) is 10.9. The van der Waals surface area contributed by atoms with Crippen molar-refractivity contribution < 1.29 is 9.21 Å². The van der Waals surface area contributed by atoms with Gasteiger partial charge in [0.2, 0.25) is 5.91 Å². The first-order chi connectivity index (χ1) is 9.24. The van der Waals surface area contributed by atoms with E-state index < -0.39 is 0 Å². The maximum Gasteiger partial charge on any atom is 0.223 e. The minimum atomic E-state index is 0.103. The third-order valence-corrected chi connectivity index (χ3v) is 4.10. The van der Waals surface area contributed by atoms with Gasteiger partial charge in [-0.25, -0.2) is 0 Å². The molecular weight excluding hydrogens is 258 g/mol. The Hall–Kier alpha value is -1.55. The van der Waals surface area contributed by atoms with Crippen LogP contribution >= 0.6 is 11.3 Å². The second kappa shape index (κ2) is 6.57. The molecule has 19 heavy (non-hydrogen) atoms. The van der Waals surface area contributed by atoms with Crippen LogP contribution in [0.15, 0.2) is 34.1 Å². The first-order valence-electron chi connectivity index (χ1n) is 6.64. The van der Waals surface area contributed by atoms with Gasteiger partial charge < -0.3 is 9.73 Å². The number of hydrogen-bond donors (Lipinski definition) is 1. The molecule has 2 rings (SSSR count). The van der Waals surface area contributed by atoms with Crippen LogP contribution in [0.3, 0.4) is 0 Å². The SMILES string of the molecule is CCC(CC)C(=O)NCc1ccc(-c2cccs2)o1. The highest BCUT2D eigenvalue weighted by Crippen LogP contribution is 2.26. The zero-order chi connectivity index (χ0) is 13.7. The number of nitrogens with one attached hydrogen (secondary N) is 1. The fraction of sp³-hybridized carbons (Fsp3) is 0.400. The summed E-state index contributed by atoms with van der Waals surface area (Å²) in [5, 5.41) is 4.95. The lowest BCUT2D eigenvalue weighted by atomic mass is 10.0. The van der Waals surface area contributed by atoms with Gasteiger partial charge in [0.1, 0.15) is 11.5 Å². The predicted molar refractivity (Wildman–Crippen MR) is 77.9 cm³/mol. The fourth-order valence-electron chi connectivity index (χ4n) is 2.00. The van der Waals surface area contributed by atoms with Gasteiger partial charge in [0.25, 0.3) is 0 Å². The Balaban J connectivity index is 1.92. The van der Waals surface area contributed by atoms with Crippen LogP contribution in [0.4, 0.5) is 0 Å². The van der Waals surface area contributed by atoms with Crippen LogP contribution < -0.4 is 5.32 Å². The van der Waals surface area contributed by atoms with Gasteiger partial charge in [-0.05, 0) is 36.4 Å². The van der Waals surface area contributed by atoms with E-state index in [9.17, 15) is 4.79 Å². The average molecular weight is 277 g/mol. The van der Waals surface area contributed by atoms with Crippen molar-refractivity contribution >= 4 is 17.2 Å². The van der Waals surface area contributed by atoms with Crippen molar-refractivity contribution in [2.75, 3.05) is 0 Å². The van der Waals surface area contributed by atoms with E-state index in [-0.39, 0.29) is 11.8 Å². The number of furan rings is 1. The smallest absolute Gasteiger partial charge is 0.223 e. The Kier molecular flexibility index (Phi) is 4.80. The van der Waals surface area contributed by atoms with Gasteiger partial charge in [-0.1, -0.05) is 19.9 Å². The van der Waals surface area contributed by atoms with Gasteiger partial charge in [-0.3, -0.25) is 4.79 Å².